The molecule has 0 bridgehead atoms. The molecule has 0 N–H and O–H groups in total. The number of aromatic nitrogens is 1. The summed E-state index contributed by atoms with van der Waals surface area (Å²) in [5, 5.41) is 0. The summed E-state index contributed by atoms with van der Waals surface area (Å²) < 4.78 is 17.5. The van der Waals surface area contributed by atoms with Crippen LogP contribution < -0.4 is 14.3 Å². The normalized spacial score (nSPS) is 15.9. The molecule has 1 unspecified atom stereocenters. The predicted molar refractivity (Wildman–Crippen MR) is 109 cm³/mol. The molecule has 1 saturated heterocycles. The first-order valence-electron chi connectivity index (χ1n) is 9.30. The molecule has 29 heavy (non-hydrogen) atoms. The van der Waals surface area contributed by atoms with Gasteiger partial charge in [-0.25, -0.2) is 0 Å². The van der Waals surface area contributed by atoms with Gasteiger partial charge in [-0.3, -0.25) is 9.59 Å². The van der Waals surface area contributed by atoms with Crippen molar-refractivity contribution in [3.05, 3.63) is 39.6 Å². The first kappa shape index (κ1) is 21.1. The Kier molecular flexibility index (Phi) is 6.71. The molecular formula is C20H25N3O5S. The molecule has 8 nitrogen and oxygen atoms in total. The van der Waals surface area contributed by atoms with Crippen LogP contribution in [0.2, 0.25) is 0 Å². The van der Waals surface area contributed by atoms with E-state index in [1.165, 1.54) is 25.6 Å². The van der Waals surface area contributed by atoms with Crippen molar-refractivity contribution in [3.8, 4) is 11.5 Å². The number of rotatable bonds is 5. The first-order chi connectivity index (χ1) is 13.9. The summed E-state index contributed by atoms with van der Waals surface area (Å²) in [7, 11) is 3.05. The van der Waals surface area contributed by atoms with Crippen LogP contribution in [-0.4, -0.2) is 61.8 Å². The van der Waals surface area contributed by atoms with Gasteiger partial charge >= 0.3 is 0 Å². The molecule has 9 heteroatoms. The third-order valence-corrected chi connectivity index (χ3v) is 5.63. The summed E-state index contributed by atoms with van der Waals surface area (Å²) in [4.78, 5) is 33.1. The van der Waals surface area contributed by atoms with Gasteiger partial charge in [-0.05, 0) is 32.0 Å². The number of ether oxygens (including phenoxy) is 3. The van der Waals surface area contributed by atoms with E-state index in [1.54, 1.807) is 27.7 Å². The average Bonchev–Trinajstić information content (AvgIpc) is 3.12. The quantitative estimate of drug-likeness (QED) is 0.741. The minimum absolute atomic E-state index is 0.00823. The lowest BCUT2D eigenvalue weighted by molar-refractivity contribution is -0.138. The average molecular weight is 420 g/mol. The van der Waals surface area contributed by atoms with Gasteiger partial charge in [-0.2, -0.15) is 4.99 Å². The van der Waals surface area contributed by atoms with Crippen LogP contribution in [0.15, 0.2) is 29.4 Å². The minimum atomic E-state index is -0.463. The van der Waals surface area contributed by atoms with Gasteiger partial charge in [-0.15, -0.1) is 11.3 Å². The number of carbonyl (C=O) groups is 2. The van der Waals surface area contributed by atoms with Crippen molar-refractivity contribution >= 4 is 23.2 Å². The van der Waals surface area contributed by atoms with Crippen molar-refractivity contribution in [1.82, 2.24) is 9.47 Å². The fourth-order valence-corrected chi connectivity index (χ4v) is 4.02. The fraction of sp³-hybridized carbons (Fsp3) is 0.450. The summed E-state index contributed by atoms with van der Waals surface area (Å²) in [6.45, 7) is 5.98. The molecule has 1 aliphatic rings. The Morgan fingerprint density at radius 1 is 1.17 bits per heavy atom. The summed E-state index contributed by atoms with van der Waals surface area (Å²) in [6.07, 6.45) is 1.86. The Morgan fingerprint density at radius 3 is 2.52 bits per heavy atom. The molecular weight excluding hydrogens is 394 g/mol. The number of morpholine rings is 1. The van der Waals surface area contributed by atoms with E-state index < -0.39 is 11.9 Å². The first-order valence-corrected chi connectivity index (χ1v) is 10.1. The van der Waals surface area contributed by atoms with Crippen LogP contribution in [0.25, 0.3) is 0 Å². The molecule has 2 aromatic rings. The lowest BCUT2D eigenvalue weighted by Gasteiger charge is -2.29. The van der Waals surface area contributed by atoms with Crippen molar-refractivity contribution in [1.29, 1.82) is 0 Å². The lowest BCUT2D eigenvalue weighted by Crippen LogP contribution is -2.44. The maximum Gasteiger partial charge on any atom is 0.279 e. The second kappa shape index (κ2) is 9.23. The SMILES string of the molecule is COc1ccc(C(=O)N=c2sc(C)cn2C(C)C(=O)N2CCOCC2)cc1OC. The second-order valence-corrected chi connectivity index (χ2v) is 7.85. The lowest BCUT2D eigenvalue weighted by atomic mass is 10.2. The molecule has 1 fully saturated rings. The van der Waals surface area contributed by atoms with E-state index in [0.29, 0.717) is 48.2 Å². The zero-order chi connectivity index (χ0) is 21.0. The highest BCUT2D eigenvalue weighted by Gasteiger charge is 2.24. The Morgan fingerprint density at radius 2 is 1.86 bits per heavy atom. The largest absolute Gasteiger partial charge is 0.493 e. The monoisotopic (exact) mass is 419 g/mol. The number of hydrogen-bond acceptors (Lipinski definition) is 6. The van der Waals surface area contributed by atoms with Gasteiger partial charge in [0.25, 0.3) is 5.91 Å². The standard InChI is InChI=1S/C20H25N3O5S/c1-13-12-23(14(2)19(25)22-7-9-28-10-8-22)20(29-13)21-18(24)15-5-6-16(26-3)17(11-15)27-4/h5-6,11-12,14H,7-10H2,1-4H3. The van der Waals surface area contributed by atoms with Gasteiger partial charge in [-0.1, -0.05) is 0 Å². The van der Waals surface area contributed by atoms with E-state index in [2.05, 4.69) is 4.99 Å². The highest BCUT2D eigenvalue weighted by molar-refractivity contribution is 7.09. The van der Waals surface area contributed by atoms with Crippen LogP contribution in [-0.2, 0) is 9.53 Å². The third-order valence-electron chi connectivity index (χ3n) is 4.72. The number of amides is 2. The molecule has 1 aromatic heterocycles. The van der Waals surface area contributed by atoms with Gasteiger partial charge in [0.05, 0.1) is 27.4 Å². The molecule has 3 rings (SSSR count). The van der Waals surface area contributed by atoms with Crippen molar-refractivity contribution in [3.63, 3.8) is 0 Å². The minimum Gasteiger partial charge on any atom is -0.493 e. The van der Waals surface area contributed by atoms with E-state index in [9.17, 15) is 9.59 Å². The number of nitrogens with zero attached hydrogens (tertiary/aromatic N) is 3. The Bertz CT molecular complexity index is 959. The van der Waals surface area contributed by atoms with Crippen LogP contribution in [0, 0.1) is 6.92 Å². The van der Waals surface area contributed by atoms with Gasteiger partial charge in [0.2, 0.25) is 5.91 Å². The number of hydrogen-bond donors (Lipinski definition) is 0. The van der Waals surface area contributed by atoms with Crippen molar-refractivity contribution < 1.29 is 23.8 Å². The Labute approximate surface area is 173 Å². The number of methoxy groups -OCH3 is 2. The number of aryl methyl sites for hydroxylation is 1. The van der Waals surface area contributed by atoms with Crippen LogP contribution in [0.1, 0.15) is 28.2 Å². The number of carbonyl (C=O) groups excluding carboxylic acids is 2. The zero-order valence-corrected chi connectivity index (χ0v) is 17.8. The van der Waals surface area contributed by atoms with Crippen molar-refractivity contribution in [2.75, 3.05) is 40.5 Å². The van der Waals surface area contributed by atoms with Crippen molar-refractivity contribution in [2.45, 2.75) is 19.9 Å². The molecule has 2 amide bonds. The summed E-state index contributed by atoms with van der Waals surface area (Å²) in [6, 6.07) is 4.44. The van der Waals surface area contributed by atoms with E-state index >= 15 is 0 Å². The van der Waals surface area contributed by atoms with Crippen LogP contribution in [0.3, 0.4) is 0 Å². The van der Waals surface area contributed by atoms with Gasteiger partial charge in [0.15, 0.2) is 16.3 Å². The Balaban J connectivity index is 1.90. The van der Waals surface area contributed by atoms with Gasteiger partial charge in [0.1, 0.15) is 6.04 Å². The van der Waals surface area contributed by atoms with Gasteiger partial charge < -0.3 is 23.7 Å². The van der Waals surface area contributed by atoms with E-state index in [0.717, 1.165) is 4.88 Å². The fourth-order valence-electron chi connectivity index (χ4n) is 3.12. The summed E-state index contributed by atoms with van der Waals surface area (Å²) in [5.74, 6) is 0.578. The molecule has 1 aliphatic heterocycles. The van der Waals surface area contributed by atoms with Crippen molar-refractivity contribution in [2.24, 2.45) is 4.99 Å². The molecule has 0 aliphatic carbocycles. The Hall–Kier alpha value is -2.65. The molecule has 0 spiro atoms. The van der Waals surface area contributed by atoms with E-state index in [-0.39, 0.29) is 5.91 Å². The summed E-state index contributed by atoms with van der Waals surface area (Å²) in [5.41, 5.74) is 0.382. The second-order valence-electron chi connectivity index (χ2n) is 6.63. The third kappa shape index (κ3) is 4.68. The maximum absolute atomic E-state index is 12.9. The number of thiazole rings is 1. The topological polar surface area (TPSA) is 82.4 Å². The molecule has 0 radical (unpaired) electrons. The number of benzene rings is 1. The summed E-state index contributed by atoms with van der Waals surface area (Å²) >= 11 is 1.37. The van der Waals surface area contributed by atoms with Crippen LogP contribution >= 0.6 is 11.3 Å². The molecule has 1 atom stereocenters. The van der Waals surface area contributed by atoms with E-state index in [1.807, 2.05) is 20.0 Å². The zero-order valence-electron chi connectivity index (χ0n) is 17.0. The van der Waals surface area contributed by atoms with Gasteiger partial charge in [0, 0.05) is 29.7 Å². The molecule has 2 heterocycles. The highest BCUT2D eigenvalue weighted by Crippen LogP contribution is 2.27. The van der Waals surface area contributed by atoms with Crippen LogP contribution in [0.4, 0.5) is 0 Å². The molecule has 1 aromatic carbocycles. The molecule has 156 valence electrons. The predicted octanol–water partition coefficient (Wildman–Crippen LogP) is 2.04. The smallest absolute Gasteiger partial charge is 0.279 e. The maximum atomic E-state index is 12.9. The highest BCUT2D eigenvalue weighted by atomic mass is 32.1. The van der Waals surface area contributed by atoms with E-state index in [4.69, 9.17) is 14.2 Å². The molecule has 0 saturated carbocycles. The van der Waals surface area contributed by atoms with Crippen LogP contribution in [0.5, 0.6) is 11.5 Å².